The Kier molecular flexibility index (Phi) is 10.0. The highest BCUT2D eigenvalue weighted by Gasteiger charge is 2.30. The van der Waals surface area contributed by atoms with Crippen LogP contribution in [0.15, 0.2) is 30.3 Å². The smallest absolute Gasteiger partial charge is 0.407 e. The lowest BCUT2D eigenvalue weighted by Gasteiger charge is -2.28. The highest BCUT2D eigenvalue weighted by Crippen LogP contribution is 2.26. The molecule has 1 atom stereocenters. The van der Waals surface area contributed by atoms with E-state index < -0.39 is 18.1 Å². The van der Waals surface area contributed by atoms with E-state index in [1.807, 2.05) is 30.3 Å². The van der Waals surface area contributed by atoms with E-state index in [0.717, 1.165) is 50.5 Å². The average molecular weight is 405 g/mol. The fourth-order valence-corrected chi connectivity index (χ4v) is 3.65. The summed E-state index contributed by atoms with van der Waals surface area (Å²) in [6.45, 7) is 0.716. The molecule has 7 heteroatoms. The molecule has 0 heterocycles. The van der Waals surface area contributed by atoms with Crippen molar-refractivity contribution in [1.29, 1.82) is 0 Å². The number of carbonyl (C=O) groups is 3. The molecule has 3 N–H and O–H groups in total. The summed E-state index contributed by atoms with van der Waals surface area (Å²) in [5.74, 6) is -1.11. The first kappa shape index (κ1) is 22.7. The molecule has 1 aliphatic rings. The summed E-state index contributed by atoms with van der Waals surface area (Å²) >= 11 is 0. The van der Waals surface area contributed by atoms with Gasteiger partial charge in [0.1, 0.15) is 12.6 Å². The van der Waals surface area contributed by atoms with Gasteiger partial charge in [-0.05, 0) is 37.2 Å². The predicted molar refractivity (Wildman–Crippen MR) is 109 cm³/mol. The van der Waals surface area contributed by atoms with Crippen LogP contribution in [0.25, 0.3) is 0 Å². The van der Waals surface area contributed by atoms with Gasteiger partial charge in [0.25, 0.3) is 0 Å². The lowest BCUT2D eigenvalue weighted by Crippen LogP contribution is -2.46. The molecule has 2 amide bonds. The van der Waals surface area contributed by atoms with Crippen LogP contribution in [0.4, 0.5) is 4.79 Å². The minimum Gasteiger partial charge on any atom is -0.480 e. The standard InChI is InChI=1S/C22H32N2O5/c25-19(24-20(21(26)27)18-12-6-2-7-13-18)14-8-3-9-15-23-22(28)29-16-17-10-4-1-5-11-17/h1,4-5,10-11,18,20H,2-3,6-9,12-16H2,(H,23,28)(H,24,25)(H,26,27)/t20-/m0/s1. The number of hydrogen-bond donors (Lipinski definition) is 3. The Morgan fingerprint density at radius 1 is 1.03 bits per heavy atom. The Hall–Kier alpha value is -2.57. The van der Waals surface area contributed by atoms with Gasteiger partial charge in [0.15, 0.2) is 0 Å². The van der Waals surface area contributed by atoms with Gasteiger partial charge in [0, 0.05) is 13.0 Å². The van der Waals surface area contributed by atoms with Gasteiger partial charge in [-0.15, -0.1) is 0 Å². The second-order valence-corrected chi connectivity index (χ2v) is 7.58. The molecular formula is C22H32N2O5. The van der Waals surface area contributed by atoms with Crippen molar-refractivity contribution in [3.8, 4) is 0 Å². The highest BCUT2D eigenvalue weighted by atomic mass is 16.5. The molecule has 160 valence electrons. The van der Waals surface area contributed by atoms with Crippen LogP contribution in [-0.2, 0) is 20.9 Å². The van der Waals surface area contributed by atoms with Crippen molar-refractivity contribution in [2.75, 3.05) is 6.54 Å². The van der Waals surface area contributed by atoms with Crippen LogP contribution in [0, 0.1) is 5.92 Å². The van der Waals surface area contributed by atoms with Crippen molar-refractivity contribution in [3.63, 3.8) is 0 Å². The van der Waals surface area contributed by atoms with E-state index in [-0.39, 0.29) is 18.4 Å². The molecule has 2 rings (SSSR count). The van der Waals surface area contributed by atoms with Crippen molar-refractivity contribution in [1.82, 2.24) is 10.6 Å². The van der Waals surface area contributed by atoms with Gasteiger partial charge in [-0.25, -0.2) is 9.59 Å². The van der Waals surface area contributed by atoms with Crippen molar-refractivity contribution >= 4 is 18.0 Å². The van der Waals surface area contributed by atoms with Crippen LogP contribution < -0.4 is 10.6 Å². The lowest BCUT2D eigenvalue weighted by atomic mass is 9.84. The normalized spacial score (nSPS) is 15.3. The molecule has 1 aromatic carbocycles. The van der Waals surface area contributed by atoms with Crippen LogP contribution in [-0.4, -0.2) is 35.7 Å². The summed E-state index contributed by atoms with van der Waals surface area (Å²) in [4.78, 5) is 35.2. The van der Waals surface area contributed by atoms with E-state index in [4.69, 9.17) is 4.74 Å². The maximum absolute atomic E-state index is 12.1. The minimum absolute atomic E-state index is 0.0382. The molecule has 0 spiro atoms. The van der Waals surface area contributed by atoms with Crippen molar-refractivity contribution in [2.24, 2.45) is 5.92 Å². The third kappa shape index (κ3) is 8.98. The number of carboxylic acids is 1. The zero-order valence-corrected chi connectivity index (χ0v) is 16.9. The lowest BCUT2D eigenvalue weighted by molar-refractivity contribution is -0.143. The third-order valence-electron chi connectivity index (χ3n) is 5.27. The number of carbonyl (C=O) groups excluding carboxylic acids is 2. The first-order valence-corrected chi connectivity index (χ1v) is 10.5. The summed E-state index contributed by atoms with van der Waals surface area (Å²) < 4.78 is 5.13. The number of unbranched alkanes of at least 4 members (excludes halogenated alkanes) is 2. The quantitative estimate of drug-likeness (QED) is 0.489. The number of amides is 2. The number of aliphatic carboxylic acids is 1. The van der Waals surface area contributed by atoms with E-state index in [9.17, 15) is 19.5 Å². The molecule has 7 nitrogen and oxygen atoms in total. The number of carboxylic acid groups (broad SMARTS) is 1. The van der Waals surface area contributed by atoms with Crippen LogP contribution in [0.2, 0.25) is 0 Å². The predicted octanol–water partition coefficient (Wildman–Crippen LogP) is 3.62. The summed E-state index contributed by atoms with van der Waals surface area (Å²) in [6.07, 6.45) is 6.95. The zero-order valence-electron chi connectivity index (χ0n) is 16.9. The van der Waals surface area contributed by atoms with Gasteiger partial charge >= 0.3 is 12.1 Å². The fraction of sp³-hybridized carbons (Fsp3) is 0.591. The molecule has 1 fully saturated rings. The minimum atomic E-state index is -0.941. The van der Waals surface area contributed by atoms with E-state index in [1.54, 1.807) is 0 Å². The van der Waals surface area contributed by atoms with Crippen molar-refractivity contribution < 1.29 is 24.2 Å². The Morgan fingerprint density at radius 2 is 1.76 bits per heavy atom. The molecule has 1 aliphatic carbocycles. The van der Waals surface area contributed by atoms with E-state index in [2.05, 4.69) is 10.6 Å². The van der Waals surface area contributed by atoms with Crippen LogP contribution in [0.5, 0.6) is 0 Å². The Bertz CT molecular complexity index is 644. The topological polar surface area (TPSA) is 105 Å². The van der Waals surface area contributed by atoms with E-state index in [0.29, 0.717) is 19.4 Å². The SMILES string of the molecule is O=C(CCCCCNC(=O)OCc1ccccc1)N[C@H](C(=O)O)C1CCCCC1. The zero-order chi connectivity index (χ0) is 20.9. The first-order valence-electron chi connectivity index (χ1n) is 10.5. The van der Waals surface area contributed by atoms with Crippen molar-refractivity contribution in [2.45, 2.75) is 70.4 Å². The molecule has 0 bridgehead atoms. The summed E-state index contributed by atoms with van der Waals surface area (Å²) in [7, 11) is 0. The Morgan fingerprint density at radius 3 is 2.45 bits per heavy atom. The maximum atomic E-state index is 12.1. The van der Waals surface area contributed by atoms with Crippen molar-refractivity contribution in [3.05, 3.63) is 35.9 Å². The Labute approximate surface area is 172 Å². The second-order valence-electron chi connectivity index (χ2n) is 7.58. The van der Waals surface area contributed by atoms with Crippen LogP contribution in [0.3, 0.4) is 0 Å². The largest absolute Gasteiger partial charge is 0.480 e. The molecule has 0 saturated heterocycles. The van der Waals surface area contributed by atoms with Gasteiger partial charge in [-0.2, -0.15) is 0 Å². The van der Waals surface area contributed by atoms with Gasteiger partial charge in [0.2, 0.25) is 5.91 Å². The first-order chi connectivity index (χ1) is 14.1. The number of benzene rings is 1. The van der Waals surface area contributed by atoms with Gasteiger partial charge < -0.3 is 20.5 Å². The van der Waals surface area contributed by atoms with E-state index in [1.165, 1.54) is 0 Å². The van der Waals surface area contributed by atoms with Gasteiger partial charge in [-0.3, -0.25) is 4.79 Å². The second kappa shape index (κ2) is 12.8. The Balaban J connectivity index is 1.53. The molecule has 29 heavy (non-hydrogen) atoms. The number of ether oxygens (including phenoxy) is 1. The summed E-state index contributed by atoms with van der Waals surface area (Å²) in [6, 6.07) is 8.69. The average Bonchev–Trinajstić information content (AvgIpc) is 2.74. The molecule has 0 aliphatic heterocycles. The number of nitrogens with one attached hydrogen (secondary N) is 2. The number of alkyl carbamates (subject to hydrolysis) is 1. The van der Waals surface area contributed by atoms with Gasteiger partial charge in [0.05, 0.1) is 0 Å². The van der Waals surface area contributed by atoms with E-state index >= 15 is 0 Å². The summed E-state index contributed by atoms with van der Waals surface area (Å²) in [5.41, 5.74) is 0.932. The van der Waals surface area contributed by atoms with Crippen LogP contribution in [0.1, 0.15) is 63.4 Å². The molecule has 0 unspecified atom stereocenters. The molecule has 0 aromatic heterocycles. The fourth-order valence-electron chi connectivity index (χ4n) is 3.65. The third-order valence-corrected chi connectivity index (χ3v) is 5.27. The van der Waals surface area contributed by atoms with Crippen LogP contribution >= 0.6 is 0 Å². The molecular weight excluding hydrogens is 372 g/mol. The summed E-state index contributed by atoms with van der Waals surface area (Å²) in [5, 5.41) is 14.8. The number of hydrogen-bond acceptors (Lipinski definition) is 4. The highest BCUT2D eigenvalue weighted by molar-refractivity contribution is 5.83. The number of rotatable bonds is 11. The molecule has 0 radical (unpaired) electrons. The maximum Gasteiger partial charge on any atom is 0.407 e. The van der Waals surface area contributed by atoms with Gasteiger partial charge in [-0.1, -0.05) is 56.0 Å². The monoisotopic (exact) mass is 404 g/mol. The molecule has 1 saturated carbocycles. The molecule has 1 aromatic rings.